The Balaban J connectivity index is 1.40. The molecule has 3 fully saturated rings. The lowest BCUT2D eigenvalue weighted by atomic mass is 9.85. The predicted molar refractivity (Wildman–Crippen MR) is 132 cm³/mol. The molecule has 1 N–H and O–H groups in total. The summed E-state index contributed by atoms with van der Waals surface area (Å²) < 4.78 is 10.5. The number of carbonyl (C=O) groups excluding carboxylic acids is 4. The van der Waals surface area contributed by atoms with Gasteiger partial charge in [-0.1, -0.05) is 18.2 Å². The zero-order valence-corrected chi connectivity index (χ0v) is 20.9. The number of hydrogen-bond acceptors (Lipinski definition) is 7. The molecule has 36 heavy (non-hydrogen) atoms. The highest BCUT2D eigenvalue weighted by molar-refractivity contribution is 5.96. The van der Waals surface area contributed by atoms with Crippen LogP contribution in [0.1, 0.15) is 45.4 Å². The molecule has 0 bridgehead atoms. The second-order valence-electron chi connectivity index (χ2n) is 9.56. The smallest absolute Gasteiger partial charge is 0.306 e. The SMILES string of the molecule is CCOC(=O)CCC(=O)N1CCC2(CC1)C(=O)N(CC(=O)NC[C@H]1CCCO1)CN2c1ccccc1. The number of rotatable bonds is 9. The van der Waals surface area contributed by atoms with E-state index in [1.54, 1.807) is 16.7 Å². The summed E-state index contributed by atoms with van der Waals surface area (Å²) in [6, 6.07) is 9.71. The molecule has 10 heteroatoms. The van der Waals surface area contributed by atoms with E-state index in [-0.39, 0.29) is 49.2 Å². The zero-order valence-electron chi connectivity index (χ0n) is 20.9. The molecule has 4 rings (SSSR count). The van der Waals surface area contributed by atoms with Crippen molar-refractivity contribution in [2.45, 2.75) is 57.1 Å². The summed E-state index contributed by atoms with van der Waals surface area (Å²) in [5.74, 6) is -0.776. The summed E-state index contributed by atoms with van der Waals surface area (Å²) >= 11 is 0. The van der Waals surface area contributed by atoms with Crippen LogP contribution in [0.25, 0.3) is 0 Å². The summed E-state index contributed by atoms with van der Waals surface area (Å²) in [6.07, 6.45) is 3.04. The number of piperidine rings is 1. The first-order valence-electron chi connectivity index (χ1n) is 12.9. The van der Waals surface area contributed by atoms with Gasteiger partial charge in [0, 0.05) is 38.3 Å². The van der Waals surface area contributed by atoms with Crippen molar-refractivity contribution in [2.75, 3.05) is 51.0 Å². The van der Waals surface area contributed by atoms with Crippen molar-refractivity contribution in [3.8, 4) is 0 Å². The van der Waals surface area contributed by atoms with E-state index in [0.29, 0.717) is 45.8 Å². The Bertz CT molecular complexity index is 941. The Morgan fingerprint density at radius 3 is 2.56 bits per heavy atom. The third kappa shape index (κ3) is 5.80. The molecular formula is C26H36N4O6. The lowest BCUT2D eigenvalue weighted by Gasteiger charge is -2.43. The van der Waals surface area contributed by atoms with Crippen molar-refractivity contribution in [1.82, 2.24) is 15.1 Å². The van der Waals surface area contributed by atoms with Gasteiger partial charge in [0.15, 0.2) is 0 Å². The van der Waals surface area contributed by atoms with Crippen molar-refractivity contribution in [1.29, 1.82) is 0 Å². The van der Waals surface area contributed by atoms with Crippen molar-refractivity contribution < 1.29 is 28.7 Å². The molecular weight excluding hydrogens is 464 g/mol. The number of anilines is 1. The van der Waals surface area contributed by atoms with E-state index >= 15 is 0 Å². The molecule has 3 heterocycles. The molecule has 3 aliphatic heterocycles. The first-order chi connectivity index (χ1) is 17.4. The van der Waals surface area contributed by atoms with Crippen LogP contribution in [0.5, 0.6) is 0 Å². The van der Waals surface area contributed by atoms with Gasteiger partial charge in [-0.25, -0.2) is 0 Å². The molecule has 10 nitrogen and oxygen atoms in total. The van der Waals surface area contributed by atoms with E-state index < -0.39 is 5.54 Å². The average molecular weight is 501 g/mol. The molecule has 3 saturated heterocycles. The fourth-order valence-corrected chi connectivity index (χ4v) is 5.31. The third-order valence-electron chi connectivity index (χ3n) is 7.26. The molecule has 0 aliphatic carbocycles. The number of ether oxygens (including phenoxy) is 2. The molecule has 3 amide bonds. The van der Waals surface area contributed by atoms with Gasteiger partial charge in [-0.2, -0.15) is 0 Å². The Kier molecular flexibility index (Phi) is 8.45. The molecule has 3 aliphatic rings. The molecule has 1 atom stereocenters. The normalized spacial score (nSPS) is 21.2. The number of benzene rings is 1. The van der Waals surface area contributed by atoms with Gasteiger partial charge in [0.2, 0.25) is 11.8 Å². The van der Waals surface area contributed by atoms with Gasteiger partial charge >= 0.3 is 5.97 Å². The summed E-state index contributed by atoms with van der Waals surface area (Å²) in [5, 5.41) is 2.91. The molecule has 0 unspecified atom stereocenters. The maximum atomic E-state index is 13.7. The highest BCUT2D eigenvalue weighted by Crippen LogP contribution is 2.39. The molecule has 0 radical (unpaired) electrons. The number of nitrogens with zero attached hydrogens (tertiary/aromatic N) is 3. The van der Waals surface area contributed by atoms with E-state index in [2.05, 4.69) is 10.2 Å². The maximum absolute atomic E-state index is 13.7. The summed E-state index contributed by atoms with van der Waals surface area (Å²) in [6.45, 7) is 4.33. The van der Waals surface area contributed by atoms with Crippen LogP contribution in [0.4, 0.5) is 5.69 Å². The topological polar surface area (TPSA) is 108 Å². The lowest BCUT2D eigenvalue weighted by molar-refractivity contribution is -0.146. The monoisotopic (exact) mass is 500 g/mol. The van der Waals surface area contributed by atoms with Gasteiger partial charge < -0.3 is 29.5 Å². The Labute approximate surface area is 211 Å². The number of para-hydroxylation sites is 1. The fraction of sp³-hybridized carbons (Fsp3) is 0.615. The van der Waals surface area contributed by atoms with Gasteiger partial charge in [-0.05, 0) is 44.7 Å². The maximum Gasteiger partial charge on any atom is 0.306 e. The highest BCUT2D eigenvalue weighted by Gasteiger charge is 2.54. The second-order valence-corrected chi connectivity index (χ2v) is 9.56. The summed E-state index contributed by atoms with van der Waals surface area (Å²) in [4.78, 5) is 56.1. The van der Waals surface area contributed by atoms with Crippen LogP contribution in [-0.2, 0) is 28.7 Å². The number of amides is 3. The molecule has 1 aromatic rings. The van der Waals surface area contributed by atoms with E-state index in [0.717, 1.165) is 25.1 Å². The van der Waals surface area contributed by atoms with E-state index in [1.165, 1.54) is 0 Å². The van der Waals surface area contributed by atoms with Crippen molar-refractivity contribution in [3.63, 3.8) is 0 Å². The number of likely N-dealkylation sites (tertiary alicyclic amines) is 1. The number of esters is 1. The van der Waals surface area contributed by atoms with Crippen LogP contribution in [0.3, 0.4) is 0 Å². The lowest BCUT2D eigenvalue weighted by Crippen LogP contribution is -2.57. The van der Waals surface area contributed by atoms with Crippen molar-refractivity contribution in [3.05, 3.63) is 30.3 Å². The van der Waals surface area contributed by atoms with Gasteiger partial charge in [-0.3, -0.25) is 19.2 Å². The quantitative estimate of drug-likeness (QED) is 0.509. The fourth-order valence-electron chi connectivity index (χ4n) is 5.31. The Morgan fingerprint density at radius 1 is 1.14 bits per heavy atom. The average Bonchev–Trinajstić information content (AvgIpc) is 3.50. The highest BCUT2D eigenvalue weighted by atomic mass is 16.5. The molecule has 1 aromatic carbocycles. The Morgan fingerprint density at radius 2 is 1.89 bits per heavy atom. The first kappa shape index (κ1) is 25.9. The van der Waals surface area contributed by atoms with E-state index in [1.807, 2.05) is 30.3 Å². The van der Waals surface area contributed by atoms with Gasteiger partial charge in [-0.15, -0.1) is 0 Å². The molecule has 0 aromatic heterocycles. The predicted octanol–water partition coefficient (Wildman–Crippen LogP) is 1.29. The van der Waals surface area contributed by atoms with Crippen LogP contribution in [0.15, 0.2) is 30.3 Å². The standard InChI is InChI=1S/C26H36N4O6/c1-2-35-24(33)11-10-23(32)28-14-12-26(13-15-28)25(34)29(19-30(26)20-7-4-3-5-8-20)18-22(31)27-17-21-9-6-16-36-21/h3-5,7-8,21H,2,6,9-19H2,1H3,(H,27,31)/t21-/m1/s1. The second kappa shape index (κ2) is 11.7. The minimum atomic E-state index is -0.811. The van der Waals surface area contributed by atoms with Crippen molar-refractivity contribution in [2.24, 2.45) is 0 Å². The zero-order chi connectivity index (χ0) is 25.5. The number of nitrogens with one attached hydrogen (secondary N) is 1. The van der Waals surface area contributed by atoms with E-state index in [4.69, 9.17) is 9.47 Å². The summed E-state index contributed by atoms with van der Waals surface area (Å²) in [5.41, 5.74) is 0.101. The van der Waals surface area contributed by atoms with Crippen LogP contribution < -0.4 is 10.2 Å². The van der Waals surface area contributed by atoms with Crippen molar-refractivity contribution >= 4 is 29.4 Å². The minimum Gasteiger partial charge on any atom is -0.466 e. The van der Waals surface area contributed by atoms with Crippen LogP contribution in [0.2, 0.25) is 0 Å². The van der Waals surface area contributed by atoms with Crippen LogP contribution in [0, 0.1) is 0 Å². The third-order valence-corrected chi connectivity index (χ3v) is 7.26. The van der Waals surface area contributed by atoms with E-state index in [9.17, 15) is 19.2 Å². The largest absolute Gasteiger partial charge is 0.466 e. The first-order valence-corrected chi connectivity index (χ1v) is 12.9. The van der Waals surface area contributed by atoms with Crippen LogP contribution >= 0.6 is 0 Å². The van der Waals surface area contributed by atoms with Crippen LogP contribution in [-0.4, -0.2) is 91.2 Å². The minimum absolute atomic E-state index is 0.0151. The molecule has 196 valence electrons. The number of hydrogen-bond donors (Lipinski definition) is 1. The summed E-state index contributed by atoms with van der Waals surface area (Å²) in [7, 11) is 0. The molecule has 1 spiro atoms. The van der Waals surface area contributed by atoms with Gasteiger partial charge in [0.05, 0.1) is 25.8 Å². The van der Waals surface area contributed by atoms with Gasteiger partial charge in [0.1, 0.15) is 12.1 Å². The Hall–Kier alpha value is -3.14. The van der Waals surface area contributed by atoms with Gasteiger partial charge in [0.25, 0.3) is 5.91 Å². The number of carbonyl (C=O) groups is 4. The molecule has 0 saturated carbocycles.